The Morgan fingerprint density at radius 1 is 1.23 bits per heavy atom. The molecule has 1 aliphatic heterocycles. The topological polar surface area (TPSA) is 55.9 Å². The molecule has 0 bridgehead atoms. The number of hydrogen-bond acceptors (Lipinski definition) is 4. The number of aryl methyl sites for hydroxylation is 1. The molecule has 0 spiro atoms. The number of hydrogen-bond donors (Lipinski definition) is 2. The summed E-state index contributed by atoms with van der Waals surface area (Å²) in [5.41, 5.74) is 5.55. The number of nitrogens with one attached hydrogen (secondary N) is 1. The number of aromatic nitrogens is 2. The summed E-state index contributed by atoms with van der Waals surface area (Å²) in [5.74, 6) is 0.452. The first-order valence-corrected chi connectivity index (χ1v) is 9.43. The van der Waals surface area contributed by atoms with Crippen molar-refractivity contribution in [2.75, 3.05) is 11.9 Å². The van der Waals surface area contributed by atoms with Gasteiger partial charge in [0, 0.05) is 11.9 Å². The van der Waals surface area contributed by atoms with E-state index in [4.69, 9.17) is 5.73 Å². The summed E-state index contributed by atoms with van der Waals surface area (Å²) in [7, 11) is 0. The van der Waals surface area contributed by atoms with Crippen molar-refractivity contribution >= 4 is 28.5 Å². The van der Waals surface area contributed by atoms with Gasteiger partial charge in [-0.2, -0.15) is 18.3 Å². The van der Waals surface area contributed by atoms with Crippen molar-refractivity contribution in [3.05, 3.63) is 46.4 Å². The van der Waals surface area contributed by atoms with Gasteiger partial charge in [-0.3, -0.25) is 4.68 Å². The van der Waals surface area contributed by atoms with Gasteiger partial charge in [-0.05, 0) is 55.8 Å². The van der Waals surface area contributed by atoms with E-state index in [-0.39, 0.29) is 0 Å². The molecule has 26 heavy (non-hydrogen) atoms. The predicted octanol–water partition coefficient (Wildman–Crippen LogP) is 5.09. The second-order valence-electron chi connectivity index (χ2n) is 6.06. The lowest BCUT2D eigenvalue weighted by Gasteiger charge is -2.08. The summed E-state index contributed by atoms with van der Waals surface area (Å²) in [6, 6.07) is 3.77. The molecule has 0 unspecified atom stereocenters. The van der Waals surface area contributed by atoms with Crippen molar-refractivity contribution in [3.8, 4) is 0 Å². The lowest BCUT2D eigenvalue weighted by atomic mass is 10.1. The highest BCUT2D eigenvalue weighted by molar-refractivity contribution is 8.05. The molecule has 140 valence electrons. The van der Waals surface area contributed by atoms with E-state index < -0.39 is 11.7 Å². The van der Waals surface area contributed by atoms with Crippen LogP contribution in [-0.4, -0.2) is 16.3 Å². The molecule has 1 aromatic carbocycles. The molecule has 8 heteroatoms. The van der Waals surface area contributed by atoms with Crippen LogP contribution < -0.4 is 11.1 Å². The quantitative estimate of drug-likeness (QED) is 0.684. The third-order valence-electron chi connectivity index (χ3n) is 4.10. The number of rotatable bonds is 6. The van der Waals surface area contributed by atoms with Gasteiger partial charge in [0.2, 0.25) is 0 Å². The van der Waals surface area contributed by atoms with Crippen molar-refractivity contribution in [1.29, 1.82) is 0 Å². The maximum absolute atomic E-state index is 13.1. The Kier molecular flexibility index (Phi) is 5.93. The van der Waals surface area contributed by atoms with E-state index in [0.717, 1.165) is 36.8 Å². The minimum atomic E-state index is -4.38. The molecule has 1 aliphatic rings. The maximum Gasteiger partial charge on any atom is 0.416 e. The molecule has 3 N–H and O–H groups in total. The van der Waals surface area contributed by atoms with Gasteiger partial charge in [0.15, 0.2) is 5.82 Å². The number of nitrogens with two attached hydrogens (primary N) is 1. The zero-order valence-electron chi connectivity index (χ0n) is 14.2. The first-order valence-electron chi connectivity index (χ1n) is 8.56. The van der Waals surface area contributed by atoms with Gasteiger partial charge in [0.1, 0.15) is 0 Å². The number of thioether (sulfide) groups is 1. The summed E-state index contributed by atoms with van der Waals surface area (Å²) in [6.07, 6.45) is 3.23. The normalized spacial score (nSPS) is 15.2. The van der Waals surface area contributed by atoms with Gasteiger partial charge in [-0.1, -0.05) is 23.9 Å². The van der Waals surface area contributed by atoms with E-state index in [2.05, 4.69) is 16.5 Å². The van der Waals surface area contributed by atoms with Gasteiger partial charge in [0.25, 0.3) is 0 Å². The van der Waals surface area contributed by atoms with Crippen molar-refractivity contribution in [1.82, 2.24) is 9.78 Å². The highest BCUT2D eigenvalue weighted by Gasteiger charge is 2.31. The molecule has 2 heterocycles. The molecule has 0 amide bonds. The number of nitrogens with zero attached hydrogens (tertiary/aromatic N) is 2. The maximum atomic E-state index is 13.1. The van der Waals surface area contributed by atoms with Crippen LogP contribution in [0.5, 0.6) is 0 Å². The Labute approximate surface area is 154 Å². The van der Waals surface area contributed by atoms with Crippen LogP contribution in [0, 0.1) is 0 Å². The highest BCUT2D eigenvalue weighted by atomic mass is 32.2. The fourth-order valence-electron chi connectivity index (χ4n) is 2.77. The Hall–Kier alpha value is -1.93. The molecule has 2 aromatic rings. The van der Waals surface area contributed by atoms with Gasteiger partial charge < -0.3 is 11.1 Å². The molecule has 0 atom stereocenters. The molecule has 0 saturated heterocycles. The number of alkyl halides is 3. The number of anilines is 1. The van der Waals surface area contributed by atoms with Crippen LogP contribution >= 0.6 is 11.8 Å². The van der Waals surface area contributed by atoms with E-state index >= 15 is 0 Å². The number of unbranched alkanes of at least 4 members (excludes halogenated alkanes) is 1. The summed E-state index contributed by atoms with van der Waals surface area (Å²) in [6.45, 7) is 1.20. The van der Waals surface area contributed by atoms with Gasteiger partial charge in [-0.15, -0.1) is 0 Å². The van der Waals surface area contributed by atoms with E-state index in [1.165, 1.54) is 23.9 Å². The second kappa shape index (κ2) is 8.18. The highest BCUT2D eigenvalue weighted by Crippen LogP contribution is 2.35. The first-order chi connectivity index (χ1) is 12.5. The van der Waals surface area contributed by atoms with Gasteiger partial charge >= 0.3 is 6.18 Å². The molecule has 0 saturated carbocycles. The molecule has 0 radical (unpaired) electrons. The van der Waals surface area contributed by atoms with Crippen molar-refractivity contribution in [2.45, 2.75) is 38.4 Å². The molecular weight excluding hydrogens is 361 g/mol. The number of halogens is 3. The Balaban J connectivity index is 1.98. The SMILES string of the molecule is NCCCCn1nc(NC2=CCCC=CS2)c2cc(C(F)(F)F)ccc21. The first kappa shape index (κ1) is 18.8. The average molecular weight is 382 g/mol. The Bertz CT molecular complexity index is 824. The molecule has 0 aliphatic carbocycles. The van der Waals surface area contributed by atoms with Crippen molar-refractivity contribution in [2.24, 2.45) is 5.73 Å². The third kappa shape index (κ3) is 4.42. The zero-order valence-corrected chi connectivity index (χ0v) is 15.0. The van der Waals surface area contributed by atoms with E-state index in [9.17, 15) is 13.2 Å². The van der Waals surface area contributed by atoms with E-state index in [1.807, 2.05) is 11.5 Å². The fraction of sp³-hybridized carbons (Fsp3) is 0.389. The van der Waals surface area contributed by atoms with Crippen LogP contribution in [0.25, 0.3) is 10.9 Å². The third-order valence-corrected chi connectivity index (χ3v) is 4.95. The molecule has 0 fully saturated rings. The van der Waals surface area contributed by atoms with E-state index in [0.29, 0.717) is 29.8 Å². The molecule has 3 rings (SSSR count). The van der Waals surface area contributed by atoms with Crippen LogP contribution in [-0.2, 0) is 12.7 Å². The van der Waals surface area contributed by atoms with Crippen LogP contribution in [0.15, 0.2) is 40.8 Å². The molecule has 4 nitrogen and oxygen atoms in total. The summed E-state index contributed by atoms with van der Waals surface area (Å²) in [5, 5.41) is 11.1. The van der Waals surface area contributed by atoms with E-state index in [1.54, 1.807) is 4.68 Å². The monoisotopic (exact) mass is 382 g/mol. The summed E-state index contributed by atoms with van der Waals surface area (Å²) in [4.78, 5) is 0. The zero-order chi connectivity index (χ0) is 18.6. The largest absolute Gasteiger partial charge is 0.416 e. The lowest BCUT2D eigenvalue weighted by molar-refractivity contribution is -0.137. The Morgan fingerprint density at radius 3 is 2.85 bits per heavy atom. The van der Waals surface area contributed by atoms with Gasteiger partial charge in [0.05, 0.1) is 16.1 Å². The number of allylic oxidation sites excluding steroid dienone is 2. The average Bonchev–Trinajstić information content (AvgIpc) is 2.77. The second-order valence-corrected chi connectivity index (χ2v) is 7.01. The van der Waals surface area contributed by atoms with Crippen LogP contribution in [0.2, 0.25) is 0 Å². The summed E-state index contributed by atoms with van der Waals surface area (Å²) < 4.78 is 41.1. The summed E-state index contributed by atoms with van der Waals surface area (Å²) >= 11 is 1.51. The molecule has 1 aromatic heterocycles. The predicted molar refractivity (Wildman–Crippen MR) is 101 cm³/mol. The molecular formula is C18H21F3N4S. The van der Waals surface area contributed by atoms with Crippen molar-refractivity contribution < 1.29 is 13.2 Å². The van der Waals surface area contributed by atoms with Crippen LogP contribution in [0.1, 0.15) is 31.2 Å². The Morgan fingerprint density at radius 2 is 2.08 bits per heavy atom. The lowest BCUT2D eigenvalue weighted by Crippen LogP contribution is -2.06. The number of fused-ring (bicyclic) bond motifs is 1. The smallest absolute Gasteiger partial charge is 0.333 e. The van der Waals surface area contributed by atoms with Crippen molar-refractivity contribution in [3.63, 3.8) is 0 Å². The van der Waals surface area contributed by atoms with Crippen LogP contribution in [0.3, 0.4) is 0 Å². The number of benzene rings is 1. The standard InChI is InChI=1S/C18H21F3N4S/c19-18(20,21)13-7-8-15-14(12-13)17(24-25(15)10-4-3-9-22)23-16-6-2-1-5-11-26-16/h5-8,11-12H,1-4,9-10,22H2,(H,23,24). The fourth-order valence-corrected chi connectivity index (χ4v) is 3.52. The minimum Gasteiger partial charge on any atom is -0.333 e. The minimum absolute atomic E-state index is 0.452. The van der Waals surface area contributed by atoms with Gasteiger partial charge in [-0.25, -0.2) is 0 Å². The van der Waals surface area contributed by atoms with Crippen LogP contribution in [0.4, 0.5) is 19.0 Å².